The van der Waals surface area contributed by atoms with E-state index in [4.69, 9.17) is 0 Å². The van der Waals surface area contributed by atoms with E-state index in [1.54, 1.807) is 0 Å². The highest BCUT2D eigenvalue weighted by Crippen LogP contribution is 1.97. The minimum Gasteiger partial charge on any atom is -0.231 e. The number of halogens is 1. The third kappa shape index (κ3) is 94.9. The summed E-state index contributed by atoms with van der Waals surface area (Å²) >= 11 is 4.37. The minimum atomic E-state index is -0.417. The zero-order valence-corrected chi connectivity index (χ0v) is 6.44. The Labute approximate surface area is 46.3 Å². The molecule has 0 radical (unpaired) electrons. The molecule has 0 bridgehead atoms. The summed E-state index contributed by atoms with van der Waals surface area (Å²) in [5.41, 5.74) is 0. The van der Waals surface area contributed by atoms with E-state index in [0.29, 0.717) is 0 Å². The SMILES string of the molecule is CP=S.CPF. The molecule has 0 aromatic heterocycles. The van der Waals surface area contributed by atoms with Crippen LogP contribution in [0.4, 0.5) is 4.20 Å². The van der Waals surface area contributed by atoms with Gasteiger partial charge in [-0.05, 0) is 20.7 Å². The van der Waals surface area contributed by atoms with E-state index in [1.807, 2.05) is 6.66 Å². The summed E-state index contributed by atoms with van der Waals surface area (Å²) in [7, 11) is 0.583. The molecule has 0 aromatic carbocycles. The second-order valence-corrected chi connectivity index (χ2v) is 2.21. The van der Waals surface area contributed by atoms with Gasteiger partial charge >= 0.3 is 0 Å². The van der Waals surface area contributed by atoms with Gasteiger partial charge in [-0.3, -0.25) is 0 Å². The predicted molar refractivity (Wildman–Crippen MR) is 35.6 cm³/mol. The van der Waals surface area contributed by atoms with Crippen molar-refractivity contribution in [2.45, 2.75) is 0 Å². The van der Waals surface area contributed by atoms with E-state index in [2.05, 4.69) is 11.8 Å². The zero-order valence-electron chi connectivity index (χ0n) is 3.73. The average molecular weight is 144 g/mol. The van der Waals surface area contributed by atoms with Crippen LogP contribution in [0.3, 0.4) is 0 Å². The molecule has 0 aromatic rings. The first-order valence-electron chi connectivity index (χ1n) is 1.32. The van der Waals surface area contributed by atoms with Crippen LogP contribution in [0.25, 0.3) is 0 Å². The summed E-state index contributed by atoms with van der Waals surface area (Å²) < 4.78 is 10.3. The Balaban J connectivity index is 0. The maximum Gasteiger partial charge on any atom is 0.0639 e. The van der Waals surface area contributed by atoms with Crippen molar-refractivity contribution in [3.63, 3.8) is 0 Å². The minimum absolute atomic E-state index is 0.417. The van der Waals surface area contributed by atoms with Crippen LogP contribution in [0.1, 0.15) is 0 Å². The third-order valence-electron chi connectivity index (χ3n) is 0. The fourth-order valence-electron chi connectivity index (χ4n) is 0. The largest absolute Gasteiger partial charge is 0.231 e. The molecule has 0 N–H and O–H groups in total. The Bertz CT molecular complexity index is 25.5. The predicted octanol–water partition coefficient (Wildman–Crippen LogP) is 2.20. The van der Waals surface area contributed by atoms with E-state index in [1.165, 1.54) is 6.66 Å². The highest BCUT2D eigenvalue weighted by Gasteiger charge is 1.39. The van der Waals surface area contributed by atoms with E-state index in [-0.39, 0.29) is 0 Å². The van der Waals surface area contributed by atoms with Crippen molar-refractivity contribution in [3.8, 4) is 0 Å². The summed E-state index contributed by atoms with van der Waals surface area (Å²) in [5.74, 6) is 0. The highest BCUT2D eigenvalue weighted by molar-refractivity contribution is 7.96. The third-order valence-corrected chi connectivity index (χ3v) is 0. The first-order valence-corrected chi connectivity index (χ1v) is 5.05. The molecule has 1 unspecified atom stereocenters. The molecule has 0 aliphatic carbocycles. The Kier molecular flexibility index (Phi) is 28.1. The van der Waals surface area contributed by atoms with Gasteiger partial charge in [-0.15, -0.1) is 0 Å². The molecule has 0 spiro atoms. The van der Waals surface area contributed by atoms with Crippen LogP contribution in [0.15, 0.2) is 0 Å². The molecular weight excluding hydrogens is 137 g/mol. The van der Waals surface area contributed by atoms with Gasteiger partial charge in [0.05, 0.1) is 8.89 Å². The van der Waals surface area contributed by atoms with Crippen LogP contribution in [0.5, 0.6) is 0 Å². The lowest BCUT2D eigenvalue weighted by Crippen LogP contribution is -1.03. The molecule has 0 saturated carbocycles. The van der Waals surface area contributed by atoms with Gasteiger partial charge in [0.2, 0.25) is 0 Å². The van der Waals surface area contributed by atoms with Crippen molar-refractivity contribution < 1.29 is 4.20 Å². The molecule has 0 fully saturated rings. The van der Waals surface area contributed by atoms with Gasteiger partial charge in [0, 0.05) is 0 Å². The fraction of sp³-hybridized carbons (Fsp3) is 1.00. The first-order chi connectivity index (χ1) is 2.83. The van der Waals surface area contributed by atoms with Gasteiger partial charge in [-0.1, -0.05) is 11.8 Å². The van der Waals surface area contributed by atoms with Gasteiger partial charge in [-0.25, -0.2) is 4.20 Å². The smallest absolute Gasteiger partial charge is 0.0639 e. The lowest BCUT2D eigenvalue weighted by molar-refractivity contribution is 0.925. The molecule has 38 valence electrons. The van der Waals surface area contributed by atoms with Crippen LogP contribution >= 0.6 is 16.2 Å². The summed E-state index contributed by atoms with van der Waals surface area (Å²) in [4.78, 5) is 0. The van der Waals surface area contributed by atoms with E-state index < -0.39 is 8.89 Å². The summed E-state index contributed by atoms with van der Waals surface area (Å²) in [6.07, 6.45) is 0. The van der Waals surface area contributed by atoms with E-state index >= 15 is 0 Å². The first kappa shape index (κ1) is 9.99. The molecule has 0 rings (SSSR count). The van der Waals surface area contributed by atoms with Crippen LogP contribution in [-0.4, -0.2) is 13.3 Å². The van der Waals surface area contributed by atoms with Gasteiger partial charge in [0.15, 0.2) is 0 Å². The second-order valence-electron chi connectivity index (χ2n) is 0.372. The quantitative estimate of drug-likeness (QED) is 0.469. The molecule has 0 aliphatic rings. The molecular formula is C2H7FP2S. The standard InChI is InChI=1S/CH4FP.CH3PS/c1-3-2;1-2-3/h3H,1H3;1H3. The van der Waals surface area contributed by atoms with Crippen molar-refractivity contribution in [1.82, 2.24) is 0 Å². The monoisotopic (exact) mass is 144 g/mol. The van der Waals surface area contributed by atoms with Crippen molar-refractivity contribution in [2.75, 3.05) is 13.3 Å². The van der Waals surface area contributed by atoms with E-state index in [0.717, 1.165) is 7.36 Å². The topological polar surface area (TPSA) is 0 Å². The van der Waals surface area contributed by atoms with Gasteiger partial charge in [-0.2, -0.15) is 0 Å². The molecule has 6 heavy (non-hydrogen) atoms. The molecule has 0 nitrogen and oxygen atoms in total. The summed E-state index contributed by atoms with van der Waals surface area (Å²) in [5, 5.41) is 0. The Hall–Kier alpha value is 0.880. The number of rotatable bonds is 0. The number of hydrogen-bond donors (Lipinski definition) is 0. The lowest BCUT2D eigenvalue weighted by atomic mass is 12.0. The Morgan fingerprint density at radius 1 is 1.83 bits per heavy atom. The maximum atomic E-state index is 10.3. The van der Waals surface area contributed by atoms with Crippen molar-refractivity contribution in [2.24, 2.45) is 0 Å². The van der Waals surface area contributed by atoms with Gasteiger partial charge < -0.3 is 0 Å². The van der Waals surface area contributed by atoms with Crippen molar-refractivity contribution in [3.05, 3.63) is 0 Å². The molecule has 0 heterocycles. The Morgan fingerprint density at radius 2 is 1.83 bits per heavy atom. The van der Waals surface area contributed by atoms with Crippen LogP contribution in [-0.2, 0) is 11.8 Å². The lowest BCUT2D eigenvalue weighted by Gasteiger charge is -1.45. The van der Waals surface area contributed by atoms with Gasteiger partial charge in [0.1, 0.15) is 0 Å². The molecule has 0 saturated heterocycles. The molecule has 1 atom stereocenters. The second kappa shape index (κ2) is 16.9. The van der Waals surface area contributed by atoms with Crippen LogP contribution in [0, 0.1) is 0 Å². The van der Waals surface area contributed by atoms with Crippen LogP contribution in [0.2, 0.25) is 0 Å². The van der Waals surface area contributed by atoms with Crippen molar-refractivity contribution in [1.29, 1.82) is 0 Å². The maximum absolute atomic E-state index is 10.3. The van der Waals surface area contributed by atoms with Gasteiger partial charge in [0.25, 0.3) is 0 Å². The molecule has 0 amide bonds. The normalized spacial score (nSPS) is 8.50. The highest BCUT2D eigenvalue weighted by atomic mass is 32.4. The fourth-order valence-corrected chi connectivity index (χ4v) is 0. The summed E-state index contributed by atoms with van der Waals surface area (Å²) in [6.45, 7) is 3.40. The zero-order chi connectivity index (χ0) is 5.41. The van der Waals surface area contributed by atoms with Crippen LogP contribution < -0.4 is 0 Å². The summed E-state index contributed by atoms with van der Waals surface area (Å²) in [6, 6.07) is 0. The molecule has 0 aliphatic heterocycles. The van der Waals surface area contributed by atoms with Crippen molar-refractivity contribution >= 4 is 28.1 Å². The average Bonchev–Trinajstić information content (AvgIpc) is 1.39. The van der Waals surface area contributed by atoms with E-state index in [9.17, 15) is 4.20 Å². The number of hydrogen-bond acceptors (Lipinski definition) is 1. The molecule has 4 heteroatoms. The Morgan fingerprint density at radius 3 is 1.83 bits per heavy atom.